The number of aromatic nitrogens is 4. The number of rotatable bonds is 3. The number of anilines is 4. The molecule has 1 aliphatic heterocycles. The summed E-state index contributed by atoms with van der Waals surface area (Å²) < 4.78 is 5.63. The fourth-order valence-electron chi connectivity index (χ4n) is 3.44. The Morgan fingerprint density at radius 3 is 2.93 bits per heavy atom. The SMILES string of the molecule is Cc1c(-c2cc(N)c3cnc(Nc4ccccn4)nc3c2)cnc2c1NCCO2. The highest BCUT2D eigenvalue weighted by Gasteiger charge is 2.18. The minimum absolute atomic E-state index is 0.461. The minimum Gasteiger partial charge on any atom is -0.474 e. The summed E-state index contributed by atoms with van der Waals surface area (Å²) in [5, 5.41) is 7.28. The van der Waals surface area contributed by atoms with E-state index in [0.717, 1.165) is 39.8 Å². The van der Waals surface area contributed by atoms with E-state index in [1.165, 1.54) is 0 Å². The van der Waals surface area contributed by atoms with Crippen LogP contribution in [-0.4, -0.2) is 33.1 Å². The van der Waals surface area contributed by atoms with Crippen molar-refractivity contribution in [3.8, 4) is 17.0 Å². The van der Waals surface area contributed by atoms with Crippen molar-refractivity contribution >= 4 is 34.0 Å². The number of pyridine rings is 2. The van der Waals surface area contributed by atoms with Gasteiger partial charge < -0.3 is 21.1 Å². The molecule has 0 aliphatic carbocycles. The van der Waals surface area contributed by atoms with Gasteiger partial charge in [0.1, 0.15) is 18.1 Å². The first kappa shape index (κ1) is 17.2. The third kappa shape index (κ3) is 3.14. The van der Waals surface area contributed by atoms with Crippen LogP contribution in [0.5, 0.6) is 5.88 Å². The molecule has 8 nitrogen and oxygen atoms in total. The average molecular weight is 385 g/mol. The van der Waals surface area contributed by atoms with Gasteiger partial charge in [0.15, 0.2) is 0 Å². The lowest BCUT2D eigenvalue weighted by molar-refractivity contribution is 0.310. The van der Waals surface area contributed by atoms with Gasteiger partial charge in [0.05, 0.1) is 5.52 Å². The van der Waals surface area contributed by atoms with E-state index in [0.29, 0.717) is 29.9 Å². The highest BCUT2D eigenvalue weighted by molar-refractivity contribution is 5.95. The molecule has 29 heavy (non-hydrogen) atoms. The number of ether oxygens (including phenoxy) is 1. The summed E-state index contributed by atoms with van der Waals surface area (Å²) in [4.78, 5) is 17.7. The van der Waals surface area contributed by atoms with Crippen LogP contribution >= 0.6 is 0 Å². The van der Waals surface area contributed by atoms with Crippen molar-refractivity contribution in [2.75, 3.05) is 29.5 Å². The molecule has 0 radical (unpaired) electrons. The van der Waals surface area contributed by atoms with Gasteiger partial charge in [-0.15, -0.1) is 0 Å². The van der Waals surface area contributed by atoms with Crippen molar-refractivity contribution in [2.24, 2.45) is 0 Å². The predicted octanol–water partition coefficient (Wildman–Crippen LogP) is 3.53. The van der Waals surface area contributed by atoms with E-state index in [2.05, 4.69) is 30.6 Å². The number of hydrogen-bond donors (Lipinski definition) is 3. The molecule has 144 valence electrons. The van der Waals surface area contributed by atoms with E-state index in [-0.39, 0.29) is 0 Å². The average Bonchev–Trinajstić information content (AvgIpc) is 2.75. The molecule has 0 saturated carbocycles. The van der Waals surface area contributed by atoms with E-state index in [9.17, 15) is 0 Å². The van der Waals surface area contributed by atoms with Crippen LogP contribution in [0, 0.1) is 6.92 Å². The smallest absolute Gasteiger partial charge is 0.237 e. The van der Waals surface area contributed by atoms with E-state index in [1.807, 2.05) is 43.5 Å². The number of nitrogen functional groups attached to an aromatic ring is 1. The molecule has 0 bridgehead atoms. The molecule has 1 aromatic carbocycles. The first-order valence-electron chi connectivity index (χ1n) is 9.30. The van der Waals surface area contributed by atoms with Crippen LogP contribution in [0.3, 0.4) is 0 Å². The molecule has 0 amide bonds. The molecular weight excluding hydrogens is 366 g/mol. The molecule has 4 heterocycles. The third-order valence-corrected chi connectivity index (χ3v) is 4.89. The van der Waals surface area contributed by atoms with Gasteiger partial charge in [-0.1, -0.05) is 6.07 Å². The Hall–Kier alpha value is -3.94. The molecule has 4 N–H and O–H groups in total. The zero-order valence-corrected chi connectivity index (χ0v) is 15.8. The van der Waals surface area contributed by atoms with Gasteiger partial charge in [0.25, 0.3) is 0 Å². The Bertz CT molecular complexity index is 1210. The van der Waals surface area contributed by atoms with Crippen LogP contribution < -0.4 is 21.1 Å². The molecule has 0 spiro atoms. The van der Waals surface area contributed by atoms with Crippen LogP contribution in [0.4, 0.5) is 23.1 Å². The van der Waals surface area contributed by atoms with E-state index >= 15 is 0 Å². The second kappa shape index (κ2) is 6.90. The predicted molar refractivity (Wildman–Crippen MR) is 113 cm³/mol. The largest absolute Gasteiger partial charge is 0.474 e. The van der Waals surface area contributed by atoms with Gasteiger partial charge in [-0.2, -0.15) is 0 Å². The maximum absolute atomic E-state index is 6.31. The van der Waals surface area contributed by atoms with Crippen molar-refractivity contribution < 1.29 is 4.74 Å². The van der Waals surface area contributed by atoms with Crippen LogP contribution in [0.2, 0.25) is 0 Å². The summed E-state index contributed by atoms with van der Waals surface area (Å²) in [6.45, 7) is 3.42. The van der Waals surface area contributed by atoms with Crippen molar-refractivity contribution in [1.82, 2.24) is 19.9 Å². The van der Waals surface area contributed by atoms with E-state index < -0.39 is 0 Å². The summed E-state index contributed by atoms with van der Waals surface area (Å²) >= 11 is 0. The zero-order valence-electron chi connectivity index (χ0n) is 15.8. The summed E-state index contributed by atoms with van der Waals surface area (Å²) in [7, 11) is 0. The van der Waals surface area contributed by atoms with Gasteiger partial charge in [-0.25, -0.2) is 19.9 Å². The number of nitrogens with two attached hydrogens (primary N) is 1. The molecule has 0 saturated heterocycles. The standard InChI is InChI=1S/C21H19N7O/c1-12-14(10-25-20-19(12)24-6-7-29-20)13-8-16(22)15-11-26-21(27-17(15)9-13)28-18-4-2-3-5-23-18/h2-5,8-11,24H,6-7,22H2,1H3,(H,23,26,27,28). The fraction of sp³-hybridized carbons (Fsp3) is 0.143. The van der Waals surface area contributed by atoms with Gasteiger partial charge in [0.2, 0.25) is 11.8 Å². The van der Waals surface area contributed by atoms with Gasteiger partial charge >= 0.3 is 0 Å². The summed E-state index contributed by atoms with van der Waals surface area (Å²) in [5.74, 6) is 1.77. The second-order valence-electron chi connectivity index (χ2n) is 6.78. The molecule has 0 fully saturated rings. The van der Waals surface area contributed by atoms with E-state index in [4.69, 9.17) is 10.5 Å². The maximum Gasteiger partial charge on any atom is 0.237 e. The third-order valence-electron chi connectivity index (χ3n) is 4.89. The molecule has 1 aliphatic rings. The number of fused-ring (bicyclic) bond motifs is 2. The molecule has 4 aromatic rings. The highest BCUT2D eigenvalue weighted by atomic mass is 16.5. The first-order valence-corrected chi connectivity index (χ1v) is 9.30. The minimum atomic E-state index is 0.461. The number of hydrogen-bond acceptors (Lipinski definition) is 8. The lowest BCUT2D eigenvalue weighted by atomic mass is 9.99. The van der Waals surface area contributed by atoms with Crippen molar-refractivity contribution in [1.29, 1.82) is 0 Å². The monoisotopic (exact) mass is 385 g/mol. The van der Waals surface area contributed by atoms with Crippen molar-refractivity contribution in [3.05, 3.63) is 54.5 Å². The molecule has 0 unspecified atom stereocenters. The lowest BCUT2D eigenvalue weighted by Crippen LogP contribution is -2.20. The Balaban J connectivity index is 1.58. The summed E-state index contributed by atoms with van der Waals surface area (Å²) in [6.07, 6.45) is 5.25. The molecule has 5 rings (SSSR count). The summed E-state index contributed by atoms with van der Waals surface area (Å²) in [5.41, 5.74) is 11.6. The van der Waals surface area contributed by atoms with Crippen LogP contribution in [0.1, 0.15) is 5.56 Å². The fourth-order valence-corrected chi connectivity index (χ4v) is 3.44. The molecular formula is C21H19N7O. The van der Waals surface area contributed by atoms with Crippen LogP contribution in [-0.2, 0) is 0 Å². The quantitative estimate of drug-likeness (QED) is 0.459. The van der Waals surface area contributed by atoms with Crippen molar-refractivity contribution in [3.63, 3.8) is 0 Å². The van der Waals surface area contributed by atoms with E-state index in [1.54, 1.807) is 12.4 Å². The first-order chi connectivity index (χ1) is 14.2. The number of benzene rings is 1. The molecule has 0 atom stereocenters. The normalized spacial score (nSPS) is 12.7. The maximum atomic E-state index is 6.31. The number of nitrogens with one attached hydrogen (secondary N) is 2. The highest BCUT2D eigenvalue weighted by Crippen LogP contribution is 2.37. The van der Waals surface area contributed by atoms with Gasteiger partial charge in [-0.3, -0.25) is 0 Å². The summed E-state index contributed by atoms with van der Waals surface area (Å²) in [6, 6.07) is 9.54. The Labute approximate surface area is 167 Å². The van der Waals surface area contributed by atoms with Crippen molar-refractivity contribution in [2.45, 2.75) is 6.92 Å². The molecule has 3 aromatic heterocycles. The van der Waals surface area contributed by atoms with Gasteiger partial charge in [0, 0.05) is 41.8 Å². The Morgan fingerprint density at radius 2 is 2.07 bits per heavy atom. The zero-order chi connectivity index (χ0) is 19.8. The lowest BCUT2D eigenvalue weighted by Gasteiger charge is -2.21. The topological polar surface area (TPSA) is 111 Å². The Kier molecular flexibility index (Phi) is 4.09. The molecule has 8 heteroatoms. The van der Waals surface area contributed by atoms with Crippen LogP contribution in [0.15, 0.2) is 48.9 Å². The number of nitrogens with zero attached hydrogens (tertiary/aromatic N) is 4. The Morgan fingerprint density at radius 1 is 1.14 bits per heavy atom. The second-order valence-corrected chi connectivity index (χ2v) is 6.78. The van der Waals surface area contributed by atoms with Crippen LogP contribution in [0.25, 0.3) is 22.0 Å². The van der Waals surface area contributed by atoms with Gasteiger partial charge in [-0.05, 0) is 42.3 Å².